The number of alkyl halides is 3. The van der Waals surface area contributed by atoms with Crippen molar-refractivity contribution >= 4 is 69.9 Å². The maximum Gasteiger partial charge on any atom is 0.227 e. The van der Waals surface area contributed by atoms with E-state index in [0.29, 0.717) is 0 Å². The summed E-state index contributed by atoms with van der Waals surface area (Å²) in [6.07, 6.45) is 0. The molecule has 0 rings (SSSR count). The van der Waals surface area contributed by atoms with Gasteiger partial charge in [-0.25, -0.2) is 0 Å². The van der Waals surface area contributed by atoms with Crippen LogP contribution in [0.3, 0.4) is 0 Å². The summed E-state index contributed by atoms with van der Waals surface area (Å²) < 4.78 is 3.29. The molecule has 2 nitrogen and oxygen atoms in total. The first-order chi connectivity index (χ1) is 5.19. The zero-order valence-electron chi connectivity index (χ0n) is 5.96. The van der Waals surface area contributed by atoms with E-state index in [1.807, 2.05) is 0 Å². The Hall–Kier alpha value is 1.53. The van der Waals surface area contributed by atoms with E-state index in [9.17, 15) is 4.89 Å². The third-order valence-electron chi connectivity index (χ3n) is 0.714. The molecule has 0 aromatic carbocycles. The molecule has 0 bridgehead atoms. The Bertz CT molecular complexity index is 227. The highest BCUT2D eigenvalue weighted by Crippen LogP contribution is 2.50. The van der Waals surface area contributed by atoms with Crippen LogP contribution in [0.2, 0.25) is 0 Å². The van der Waals surface area contributed by atoms with E-state index in [2.05, 4.69) is 24.0 Å². The molecule has 1 unspecified atom stereocenters. The number of halogens is 3. The van der Waals surface area contributed by atoms with Crippen molar-refractivity contribution in [3.05, 3.63) is 0 Å². The van der Waals surface area contributed by atoms with Crippen molar-refractivity contribution in [1.29, 1.82) is 0 Å². The summed E-state index contributed by atoms with van der Waals surface area (Å²) >= 11 is 25.6. The van der Waals surface area contributed by atoms with Crippen LogP contribution in [0.15, 0.2) is 0 Å². The average molecular weight is 288 g/mol. The Balaban J connectivity index is 4.44. The molecule has 0 spiro atoms. The molecule has 0 aliphatic rings. The minimum atomic E-state index is -3.24. The first kappa shape index (κ1) is 13.5. The molecule has 0 aromatic heterocycles. The fourth-order valence-corrected chi connectivity index (χ4v) is 3.33. The lowest BCUT2D eigenvalue weighted by atomic mass is 10.9. The van der Waals surface area contributed by atoms with Gasteiger partial charge in [0.1, 0.15) is 0 Å². The zero-order valence-corrected chi connectivity index (χ0v) is 10.8. The highest BCUT2D eigenvalue weighted by Gasteiger charge is 2.29. The molecule has 1 atom stereocenters. The molecular formula is C4H6Cl3O2PS2. The molecule has 0 amide bonds. The van der Waals surface area contributed by atoms with Gasteiger partial charge in [-0.15, -0.1) is 11.6 Å². The Morgan fingerprint density at radius 2 is 2.08 bits per heavy atom. The van der Waals surface area contributed by atoms with Crippen molar-refractivity contribution in [2.75, 3.05) is 5.88 Å². The second kappa shape index (κ2) is 4.85. The molecule has 8 heteroatoms. The SMILES string of the molecule is CC(Cl)(Cl)OP(O)(=S)C(=S)CCl. The highest BCUT2D eigenvalue weighted by molar-refractivity contribution is 8.23. The predicted molar refractivity (Wildman–Crippen MR) is 61.0 cm³/mol. The van der Waals surface area contributed by atoms with E-state index < -0.39 is 11.0 Å². The molecule has 0 heterocycles. The van der Waals surface area contributed by atoms with Crippen LogP contribution >= 0.6 is 53.5 Å². The van der Waals surface area contributed by atoms with Crippen LogP contribution in [0.25, 0.3) is 0 Å². The zero-order chi connectivity index (χ0) is 9.99. The van der Waals surface area contributed by atoms with Crippen molar-refractivity contribution in [3.8, 4) is 0 Å². The maximum absolute atomic E-state index is 9.43. The minimum Gasteiger partial charge on any atom is -0.341 e. The lowest BCUT2D eigenvalue weighted by Crippen LogP contribution is -2.13. The Morgan fingerprint density at radius 1 is 1.67 bits per heavy atom. The van der Waals surface area contributed by atoms with Gasteiger partial charge in [0.15, 0.2) is 0 Å². The predicted octanol–water partition coefficient (Wildman–Crippen LogP) is 3.02. The molecule has 0 saturated heterocycles. The quantitative estimate of drug-likeness (QED) is 0.489. The minimum absolute atomic E-state index is 0.0486. The van der Waals surface area contributed by atoms with E-state index in [-0.39, 0.29) is 10.5 Å². The highest BCUT2D eigenvalue weighted by atomic mass is 35.5. The summed E-state index contributed by atoms with van der Waals surface area (Å²) in [7, 11) is 0. The molecule has 0 aliphatic heterocycles. The van der Waals surface area contributed by atoms with Crippen molar-refractivity contribution in [1.82, 2.24) is 0 Å². The molecule has 1 N–H and O–H groups in total. The third-order valence-corrected chi connectivity index (χ3v) is 5.21. The second-order valence-corrected chi connectivity index (χ2v) is 7.89. The maximum atomic E-state index is 9.43. The van der Waals surface area contributed by atoms with E-state index >= 15 is 0 Å². The van der Waals surface area contributed by atoms with Crippen molar-refractivity contribution in [2.45, 2.75) is 11.4 Å². The molecule has 0 aromatic rings. The topological polar surface area (TPSA) is 29.5 Å². The van der Waals surface area contributed by atoms with E-state index in [0.717, 1.165) is 0 Å². The van der Waals surface area contributed by atoms with Crippen molar-refractivity contribution in [3.63, 3.8) is 0 Å². The van der Waals surface area contributed by atoms with Crippen LogP contribution in [0.1, 0.15) is 6.92 Å². The van der Waals surface area contributed by atoms with Crippen LogP contribution < -0.4 is 0 Å². The number of hydrogen-bond acceptors (Lipinski definition) is 3. The Morgan fingerprint density at radius 3 is 2.33 bits per heavy atom. The lowest BCUT2D eigenvalue weighted by molar-refractivity contribution is 0.265. The number of thiocarbonyl (C=S) groups is 1. The van der Waals surface area contributed by atoms with Gasteiger partial charge in [0, 0.05) is 0 Å². The van der Waals surface area contributed by atoms with Gasteiger partial charge in [-0.1, -0.05) is 35.4 Å². The first-order valence-corrected chi connectivity index (χ1v) is 7.07. The largest absolute Gasteiger partial charge is 0.341 e. The van der Waals surface area contributed by atoms with E-state index in [1.165, 1.54) is 6.92 Å². The first-order valence-electron chi connectivity index (χ1n) is 2.70. The fourth-order valence-electron chi connectivity index (χ4n) is 0.344. The molecule has 0 fully saturated rings. The van der Waals surface area contributed by atoms with Gasteiger partial charge in [-0.2, -0.15) is 0 Å². The number of rotatable bonds is 4. The molecular weight excluding hydrogens is 282 g/mol. The van der Waals surface area contributed by atoms with E-state index in [4.69, 9.17) is 39.3 Å². The monoisotopic (exact) mass is 286 g/mol. The smallest absolute Gasteiger partial charge is 0.227 e. The Kier molecular flexibility index (Phi) is 5.47. The van der Waals surface area contributed by atoms with Crippen LogP contribution in [-0.2, 0) is 16.3 Å². The van der Waals surface area contributed by atoms with Crippen LogP contribution in [-0.4, -0.2) is 19.9 Å². The third kappa shape index (κ3) is 5.30. The van der Waals surface area contributed by atoms with Crippen molar-refractivity contribution in [2.24, 2.45) is 0 Å². The summed E-state index contributed by atoms with van der Waals surface area (Å²) in [5.41, 5.74) is 0. The van der Waals surface area contributed by atoms with Gasteiger partial charge in [-0.3, -0.25) is 4.52 Å². The van der Waals surface area contributed by atoms with E-state index in [1.54, 1.807) is 0 Å². The van der Waals surface area contributed by atoms with Crippen LogP contribution in [0, 0.1) is 0 Å². The van der Waals surface area contributed by atoms with Crippen LogP contribution in [0.4, 0.5) is 0 Å². The van der Waals surface area contributed by atoms with Gasteiger partial charge < -0.3 is 4.89 Å². The van der Waals surface area contributed by atoms with Gasteiger partial charge in [0.25, 0.3) is 0 Å². The average Bonchev–Trinajstić information content (AvgIpc) is 1.80. The second-order valence-electron chi connectivity index (χ2n) is 1.95. The summed E-state index contributed by atoms with van der Waals surface area (Å²) in [5, 5.41) is 0. The van der Waals surface area contributed by atoms with Gasteiger partial charge in [0.05, 0.1) is 10.5 Å². The normalized spacial score (nSPS) is 17.1. The van der Waals surface area contributed by atoms with Gasteiger partial charge in [0.2, 0.25) is 11.0 Å². The summed E-state index contributed by atoms with van der Waals surface area (Å²) in [5.74, 6) is -0.0486. The number of hydrogen-bond donors (Lipinski definition) is 1. The molecule has 0 saturated carbocycles. The Labute approximate surface area is 96.3 Å². The fraction of sp³-hybridized carbons (Fsp3) is 0.750. The molecule has 72 valence electrons. The molecule has 0 aliphatic carbocycles. The standard InChI is InChI=1S/C4H6Cl3O2PS2/c1-4(6,7)9-10(8,12)3(11)2-5/h2H2,1H3,(H,8,12). The summed E-state index contributed by atoms with van der Waals surface area (Å²) in [4.78, 5) is 9.43. The summed E-state index contributed by atoms with van der Waals surface area (Å²) in [6, 6.07) is 0. The van der Waals surface area contributed by atoms with Gasteiger partial charge in [-0.05, 0) is 18.7 Å². The molecule has 0 radical (unpaired) electrons. The van der Waals surface area contributed by atoms with Gasteiger partial charge >= 0.3 is 0 Å². The summed E-state index contributed by atoms with van der Waals surface area (Å²) in [6.45, 7) is -1.90. The lowest BCUT2D eigenvalue weighted by Gasteiger charge is -2.21. The van der Waals surface area contributed by atoms with Crippen LogP contribution in [0.5, 0.6) is 0 Å². The van der Waals surface area contributed by atoms with Crippen molar-refractivity contribution < 1.29 is 9.42 Å². The molecule has 12 heavy (non-hydrogen) atoms.